The molecule has 0 spiro atoms. The van der Waals surface area contributed by atoms with Gasteiger partial charge in [0.25, 0.3) is 0 Å². The van der Waals surface area contributed by atoms with E-state index in [0.29, 0.717) is 12.0 Å². The van der Waals surface area contributed by atoms with E-state index in [2.05, 4.69) is 29.4 Å². The van der Waals surface area contributed by atoms with Gasteiger partial charge in [-0.05, 0) is 29.7 Å². The van der Waals surface area contributed by atoms with Crippen LogP contribution in [0.3, 0.4) is 0 Å². The highest BCUT2D eigenvalue weighted by Crippen LogP contribution is 2.52. The van der Waals surface area contributed by atoms with Crippen molar-refractivity contribution in [3.05, 3.63) is 35.4 Å². The molecule has 0 radical (unpaired) electrons. The molecule has 3 rings (SSSR count). The predicted octanol–water partition coefficient (Wildman–Crippen LogP) is 3.89. The van der Waals surface area contributed by atoms with Gasteiger partial charge in [-0.1, -0.05) is 38.1 Å². The predicted molar refractivity (Wildman–Crippen MR) is 97.8 cm³/mol. The summed E-state index contributed by atoms with van der Waals surface area (Å²) in [5.41, 5.74) is -1.86. The maximum atomic E-state index is 13.1. The largest absolute Gasteiger partial charge is 0.467 e. The molecule has 1 N–H and O–H groups in total. The number of nitrogens with zero attached hydrogens (tertiary/aromatic N) is 2. The van der Waals surface area contributed by atoms with Crippen molar-refractivity contribution >= 4 is 11.9 Å². The second-order valence-electron chi connectivity index (χ2n) is 8.34. The first kappa shape index (κ1) is 21.3. The molecule has 2 aliphatic rings. The molecule has 158 valence electrons. The number of carbonyl (C=O) groups is 2. The van der Waals surface area contributed by atoms with Crippen LogP contribution in [0.2, 0.25) is 0 Å². The minimum absolute atomic E-state index is 0.0837. The van der Waals surface area contributed by atoms with Crippen LogP contribution >= 0.6 is 0 Å². The van der Waals surface area contributed by atoms with Crippen LogP contribution in [0.1, 0.15) is 44.2 Å². The molecule has 1 heterocycles. The number of esters is 1. The van der Waals surface area contributed by atoms with Gasteiger partial charge >= 0.3 is 17.8 Å². The topological polar surface area (TPSA) is 80.1 Å². The number of ether oxygens (including phenoxy) is 1. The number of alkyl halides is 3. The fourth-order valence-electron chi connectivity index (χ4n) is 3.67. The number of nitrogens with one attached hydrogen (secondary N) is 1. The first-order valence-corrected chi connectivity index (χ1v) is 9.46. The SMILES string of the molecule is COC(=O)C(Cc1ccc(C2(C(F)(F)F)N=N2)cc1)NC(=O)CC1CCC1(C)C. The Morgan fingerprint density at radius 2 is 1.86 bits per heavy atom. The monoisotopic (exact) mass is 411 g/mol. The lowest BCUT2D eigenvalue weighted by atomic mass is 9.61. The summed E-state index contributed by atoms with van der Waals surface area (Å²) < 4.78 is 44.0. The Balaban J connectivity index is 1.64. The van der Waals surface area contributed by atoms with E-state index in [-0.39, 0.29) is 29.2 Å². The quantitative estimate of drug-likeness (QED) is 0.691. The molecule has 1 aromatic rings. The number of benzene rings is 1. The van der Waals surface area contributed by atoms with Gasteiger partial charge < -0.3 is 10.1 Å². The van der Waals surface area contributed by atoms with Crippen molar-refractivity contribution in [2.24, 2.45) is 21.6 Å². The van der Waals surface area contributed by atoms with Crippen LogP contribution < -0.4 is 5.32 Å². The number of amides is 1. The first-order valence-electron chi connectivity index (χ1n) is 9.46. The van der Waals surface area contributed by atoms with Crippen molar-refractivity contribution in [1.29, 1.82) is 0 Å². The minimum Gasteiger partial charge on any atom is -0.467 e. The Labute approximate surface area is 166 Å². The Kier molecular flexibility index (Phi) is 5.44. The summed E-state index contributed by atoms with van der Waals surface area (Å²) in [5.74, 6) is -0.569. The summed E-state index contributed by atoms with van der Waals surface area (Å²) in [4.78, 5) is 24.5. The number of hydrogen-bond acceptors (Lipinski definition) is 5. The molecule has 9 heteroatoms. The highest BCUT2D eigenvalue weighted by Gasteiger charge is 2.65. The Morgan fingerprint density at radius 1 is 1.24 bits per heavy atom. The summed E-state index contributed by atoms with van der Waals surface area (Å²) >= 11 is 0. The molecule has 2 unspecified atom stereocenters. The van der Waals surface area contributed by atoms with Crippen molar-refractivity contribution < 1.29 is 27.5 Å². The van der Waals surface area contributed by atoms with Crippen LogP contribution in [-0.2, 0) is 26.4 Å². The lowest BCUT2D eigenvalue weighted by molar-refractivity contribution is -0.166. The second kappa shape index (κ2) is 7.42. The molecule has 29 heavy (non-hydrogen) atoms. The van der Waals surface area contributed by atoms with E-state index < -0.39 is 23.9 Å². The Hall–Kier alpha value is -2.45. The van der Waals surface area contributed by atoms with Gasteiger partial charge in [0, 0.05) is 18.4 Å². The summed E-state index contributed by atoms with van der Waals surface area (Å²) in [6.07, 6.45) is -2.11. The van der Waals surface area contributed by atoms with E-state index in [1.165, 1.54) is 31.4 Å². The van der Waals surface area contributed by atoms with Gasteiger partial charge in [0.1, 0.15) is 6.04 Å². The fourth-order valence-corrected chi connectivity index (χ4v) is 3.67. The van der Waals surface area contributed by atoms with Crippen molar-refractivity contribution in [1.82, 2.24) is 5.32 Å². The zero-order valence-electron chi connectivity index (χ0n) is 16.5. The lowest BCUT2D eigenvalue weighted by Gasteiger charge is -2.44. The molecule has 1 aliphatic carbocycles. The Morgan fingerprint density at radius 3 is 2.28 bits per heavy atom. The van der Waals surface area contributed by atoms with E-state index >= 15 is 0 Å². The third-order valence-corrected chi connectivity index (χ3v) is 5.99. The van der Waals surface area contributed by atoms with Crippen LogP contribution in [0.25, 0.3) is 0 Å². The smallest absolute Gasteiger partial charge is 0.442 e. The third-order valence-electron chi connectivity index (χ3n) is 5.99. The van der Waals surface area contributed by atoms with E-state index in [9.17, 15) is 22.8 Å². The van der Waals surface area contributed by atoms with Gasteiger partial charge in [-0.25, -0.2) is 4.79 Å². The van der Waals surface area contributed by atoms with Crippen LogP contribution in [0.5, 0.6) is 0 Å². The van der Waals surface area contributed by atoms with Gasteiger partial charge in [0.05, 0.1) is 7.11 Å². The van der Waals surface area contributed by atoms with Crippen LogP contribution in [0.4, 0.5) is 13.2 Å². The molecule has 1 amide bonds. The second-order valence-corrected chi connectivity index (χ2v) is 8.34. The summed E-state index contributed by atoms with van der Waals surface area (Å²) in [6.45, 7) is 4.22. The number of halogens is 3. The molecule has 0 aromatic heterocycles. The molecule has 1 saturated carbocycles. The average Bonchev–Trinajstić information content (AvgIpc) is 3.47. The number of rotatable bonds is 7. The molecular formula is C20H24F3N3O3. The Bertz CT molecular complexity index is 813. The molecule has 1 aromatic carbocycles. The van der Waals surface area contributed by atoms with E-state index in [1.807, 2.05) is 0 Å². The molecule has 1 fully saturated rings. The molecule has 0 bridgehead atoms. The highest BCUT2D eigenvalue weighted by atomic mass is 19.4. The van der Waals surface area contributed by atoms with Gasteiger partial charge in [0.15, 0.2) is 0 Å². The summed E-state index contributed by atoms with van der Waals surface area (Å²) in [5, 5.41) is 9.04. The molecule has 6 nitrogen and oxygen atoms in total. The molecule has 0 saturated heterocycles. The lowest BCUT2D eigenvalue weighted by Crippen LogP contribution is -2.45. The van der Waals surface area contributed by atoms with E-state index in [0.717, 1.165) is 12.8 Å². The summed E-state index contributed by atoms with van der Waals surface area (Å²) in [7, 11) is 1.23. The number of carbonyl (C=O) groups excluding carboxylic acids is 2. The highest BCUT2D eigenvalue weighted by molar-refractivity contribution is 5.84. The van der Waals surface area contributed by atoms with E-state index in [4.69, 9.17) is 4.74 Å². The van der Waals surface area contributed by atoms with Gasteiger partial charge in [0.2, 0.25) is 5.91 Å². The molecular weight excluding hydrogens is 387 g/mol. The average molecular weight is 411 g/mol. The van der Waals surface area contributed by atoms with Crippen molar-refractivity contribution in [2.45, 2.75) is 57.4 Å². The zero-order valence-corrected chi connectivity index (χ0v) is 16.5. The molecule has 1 aliphatic heterocycles. The van der Waals surface area contributed by atoms with Crippen LogP contribution in [-0.4, -0.2) is 31.2 Å². The van der Waals surface area contributed by atoms with Gasteiger partial charge in [-0.15, -0.1) is 10.2 Å². The zero-order chi connectivity index (χ0) is 21.4. The van der Waals surface area contributed by atoms with Crippen molar-refractivity contribution in [2.75, 3.05) is 7.11 Å². The van der Waals surface area contributed by atoms with Crippen LogP contribution in [0.15, 0.2) is 34.5 Å². The maximum absolute atomic E-state index is 13.1. The number of hydrogen-bond donors (Lipinski definition) is 1. The van der Waals surface area contributed by atoms with Crippen LogP contribution in [0, 0.1) is 11.3 Å². The standard InChI is InChI=1S/C20H24F3N3O3/c1-18(2)9-8-14(18)11-16(27)24-15(17(28)29-3)10-12-4-6-13(7-5-12)19(25-26-19)20(21,22)23/h4-7,14-15H,8-11H2,1-3H3,(H,24,27). The maximum Gasteiger partial charge on any atom is 0.442 e. The summed E-state index contributed by atoms with van der Waals surface area (Å²) in [6, 6.07) is 4.62. The van der Waals surface area contributed by atoms with Gasteiger partial charge in [-0.2, -0.15) is 13.2 Å². The van der Waals surface area contributed by atoms with Gasteiger partial charge in [-0.3, -0.25) is 4.79 Å². The fraction of sp³-hybridized carbons (Fsp3) is 0.600. The number of methoxy groups -OCH3 is 1. The first-order chi connectivity index (χ1) is 13.5. The minimum atomic E-state index is -4.59. The normalized spacial score (nSPS) is 22.3. The van der Waals surface area contributed by atoms with Crippen molar-refractivity contribution in [3.8, 4) is 0 Å². The third kappa shape index (κ3) is 4.28. The molecule has 2 atom stereocenters. The van der Waals surface area contributed by atoms with Crippen molar-refractivity contribution in [3.63, 3.8) is 0 Å². The van der Waals surface area contributed by atoms with E-state index in [1.54, 1.807) is 0 Å².